The second-order valence-corrected chi connectivity index (χ2v) is 7.30. The Balaban J connectivity index is 2.02. The Morgan fingerprint density at radius 2 is 2.00 bits per heavy atom. The molecule has 0 amide bonds. The molecule has 9 heteroatoms. The van der Waals surface area contributed by atoms with E-state index in [0.29, 0.717) is 32.7 Å². The first-order valence-electron chi connectivity index (χ1n) is 10.1. The Kier molecular flexibility index (Phi) is 9.45. The number of nitrogens with zero attached hydrogens (tertiary/aromatic N) is 3. The van der Waals surface area contributed by atoms with Crippen molar-refractivity contribution in [3.63, 3.8) is 0 Å². The minimum atomic E-state index is -1.12. The van der Waals surface area contributed by atoms with E-state index in [-0.39, 0.29) is 12.2 Å². The Morgan fingerprint density at radius 1 is 1.27 bits per heavy atom. The highest BCUT2D eigenvalue weighted by Gasteiger charge is 2.44. The molecule has 1 atom stereocenters. The number of hydrazone groups is 1. The summed E-state index contributed by atoms with van der Waals surface area (Å²) in [4.78, 5) is 14.2. The van der Waals surface area contributed by atoms with Gasteiger partial charge in [0.15, 0.2) is 17.2 Å². The fourth-order valence-corrected chi connectivity index (χ4v) is 3.37. The monoisotopic (exact) mass is 427 g/mol. The van der Waals surface area contributed by atoms with Gasteiger partial charge in [0.1, 0.15) is 12.9 Å². The van der Waals surface area contributed by atoms with Crippen LogP contribution in [0.1, 0.15) is 26.7 Å². The van der Waals surface area contributed by atoms with E-state index in [4.69, 9.17) is 14.2 Å². The molecule has 0 unspecified atom stereocenters. The van der Waals surface area contributed by atoms with Gasteiger partial charge in [-0.05, 0) is 26.7 Å². The van der Waals surface area contributed by atoms with Crippen LogP contribution in [0.3, 0.4) is 0 Å². The van der Waals surface area contributed by atoms with Crippen LogP contribution >= 0.6 is 0 Å². The molecule has 0 saturated carbocycles. The number of carbonyl (C=O) groups is 1. The lowest BCUT2D eigenvalue weighted by atomic mass is 10.0. The van der Waals surface area contributed by atoms with Crippen LogP contribution in [0.25, 0.3) is 0 Å². The van der Waals surface area contributed by atoms with Crippen molar-refractivity contribution in [3.05, 3.63) is 35.6 Å². The van der Waals surface area contributed by atoms with Gasteiger partial charge in [-0.2, -0.15) is 5.10 Å². The van der Waals surface area contributed by atoms with Gasteiger partial charge in [0.25, 0.3) is 0 Å². The standard InChI is InChI=1S/C21H31F2N3O4/c1-4-6-17(15-24-26-8-5-7-21(26,2)20(27)28-3)19(23)18(22)16-30-14-11-25-9-12-29-13-10-25/h4,6,15-16H,5,7-14H2,1-3H3/b6-4-,18-16-,19-17-,24-15+/t21-/m1/s1. The molecule has 0 bridgehead atoms. The van der Waals surface area contributed by atoms with Crippen LogP contribution in [-0.4, -0.2) is 80.7 Å². The normalized spacial score (nSPS) is 24.6. The number of ether oxygens (including phenoxy) is 3. The third kappa shape index (κ3) is 6.37. The van der Waals surface area contributed by atoms with E-state index >= 15 is 0 Å². The quantitative estimate of drug-likeness (QED) is 0.185. The number of esters is 1. The molecule has 0 aromatic heterocycles. The molecular formula is C21H31F2N3O4. The molecule has 0 radical (unpaired) electrons. The molecule has 0 spiro atoms. The summed E-state index contributed by atoms with van der Waals surface area (Å²) in [6.45, 7) is 7.73. The number of morpholine rings is 1. The van der Waals surface area contributed by atoms with Crippen molar-refractivity contribution < 1.29 is 27.8 Å². The summed E-state index contributed by atoms with van der Waals surface area (Å²) in [6.07, 6.45) is 6.31. The summed E-state index contributed by atoms with van der Waals surface area (Å²) in [5, 5.41) is 5.78. The summed E-state index contributed by atoms with van der Waals surface area (Å²) >= 11 is 0. The van der Waals surface area contributed by atoms with Gasteiger partial charge in [0.2, 0.25) is 0 Å². The first-order valence-corrected chi connectivity index (χ1v) is 10.1. The van der Waals surface area contributed by atoms with E-state index in [0.717, 1.165) is 25.8 Å². The predicted molar refractivity (Wildman–Crippen MR) is 110 cm³/mol. The third-order valence-corrected chi connectivity index (χ3v) is 5.19. The summed E-state index contributed by atoms with van der Waals surface area (Å²) in [5.41, 5.74) is -0.970. The molecule has 0 N–H and O–H groups in total. The molecule has 0 aromatic rings. The average molecular weight is 427 g/mol. The van der Waals surface area contributed by atoms with E-state index in [1.54, 1.807) is 24.9 Å². The topological polar surface area (TPSA) is 63.6 Å². The van der Waals surface area contributed by atoms with Crippen LogP contribution in [0, 0.1) is 0 Å². The maximum absolute atomic E-state index is 14.6. The van der Waals surface area contributed by atoms with E-state index in [1.165, 1.54) is 19.4 Å². The fraction of sp³-hybridized carbons (Fsp3) is 0.619. The Bertz CT molecular complexity index is 702. The van der Waals surface area contributed by atoms with Crippen molar-refractivity contribution in [1.82, 2.24) is 9.91 Å². The van der Waals surface area contributed by atoms with Gasteiger partial charge in [-0.1, -0.05) is 12.2 Å². The van der Waals surface area contributed by atoms with Crippen molar-refractivity contribution in [2.75, 3.05) is 53.1 Å². The highest BCUT2D eigenvalue weighted by atomic mass is 19.2. The number of halogens is 2. The molecule has 2 heterocycles. The fourth-order valence-electron chi connectivity index (χ4n) is 3.37. The minimum absolute atomic E-state index is 0.0536. The maximum atomic E-state index is 14.6. The Morgan fingerprint density at radius 3 is 2.67 bits per heavy atom. The highest BCUT2D eigenvalue weighted by Crippen LogP contribution is 2.30. The van der Waals surface area contributed by atoms with Crippen molar-refractivity contribution in [2.45, 2.75) is 32.2 Å². The molecule has 2 aliphatic rings. The smallest absolute Gasteiger partial charge is 0.333 e. The van der Waals surface area contributed by atoms with E-state index in [9.17, 15) is 13.6 Å². The zero-order valence-corrected chi connectivity index (χ0v) is 17.9. The van der Waals surface area contributed by atoms with Crippen molar-refractivity contribution in [3.8, 4) is 0 Å². The first kappa shape index (κ1) is 24.0. The SMILES string of the molecule is C\C=C/C(/C=N/N1CCC[C@]1(C)C(=O)OC)=C(F)\C(F)=C\OCCN1CCOCC1. The lowest BCUT2D eigenvalue weighted by Gasteiger charge is -2.29. The lowest BCUT2D eigenvalue weighted by molar-refractivity contribution is -0.152. The summed E-state index contributed by atoms with van der Waals surface area (Å²) in [7, 11) is 1.32. The molecule has 168 valence electrons. The van der Waals surface area contributed by atoms with E-state index in [2.05, 4.69) is 10.0 Å². The zero-order valence-electron chi connectivity index (χ0n) is 17.9. The third-order valence-electron chi connectivity index (χ3n) is 5.19. The van der Waals surface area contributed by atoms with Crippen LogP contribution in [0.15, 0.2) is 40.7 Å². The maximum Gasteiger partial charge on any atom is 0.333 e. The Hall–Kier alpha value is -2.26. The van der Waals surface area contributed by atoms with Crippen molar-refractivity contribution >= 4 is 12.2 Å². The molecular weight excluding hydrogens is 396 g/mol. The van der Waals surface area contributed by atoms with Crippen molar-refractivity contribution in [1.29, 1.82) is 0 Å². The van der Waals surface area contributed by atoms with Gasteiger partial charge in [-0.15, -0.1) is 0 Å². The van der Waals surface area contributed by atoms with Crippen LogP contribution in [0.2, 0.25) is 0 Å². The minimum Gasteiger partial charge on any atom is -0.497 e. The van der Waals surface area contributed by atoms with E-state index in [1.807, 2.05) is 0 Å². The second-order valence-electron chi connectivity index (χ2n) is 7.30. The number of carbonyl (C=O) groups excluding carboxylic acids is 1. The van der Waals surface area contributed by atoms with Crippen LogP contribution in [-0.2, 0) is 19.0 Å². The number of hydrogen-bond acceptors (Lipinski definition) is 7. The van der Waals surface area contributed by atoms with Gasteiger partial charge < -0.3 is 14.2 Å². The van der Waals surface area contributed by atoms with Gasteiger partial charge >= 0.3 is 5.97 Å². The molecule has 30 heavy (non-hydrogen) atoms. The number of methoxy groups -OCH3 is 1. The molecule has 0 aromatic carbocycles. The Labute approximate surface area is 176 Å². The molecule has 2 fully saturated rings. The summed E-state index contributed by atoms with van der Waals surface area (Å²) < 4.78 is 44.1. The number of hydrogen-bond donors (Lipinski definition) is 0. The molecule has 0 aliphatic carbocycles. The summed E-state index contributed by atoms with van der Waals surface area (Å²) in [6, 6.07) is 0. The van der Waals surface area contributed by atoms with Gasteiger partial charge in [0.05, 0.1) is 26.5 Å². The average Bonchev–Trinajstić information content (AvgIpc) is 3.15. The largest absolute Gasteiger partial charge is 0.497 e. The number of rotatable bonds is 9. The zero-order chi connectivity index (χ0) is 22.0. The van der Waals surface area contributed by atoms with Gasteiger partial charge in [0, 0.05) is 31.8 Å². The predicted octanol–water partition coefficient (Wildman–Crippen LogP) is 2.96. The number of allylic oxidation sites excluding steroid dienone is 5. The van der Waals surface area contributed by atoms with Crippen molar-refractivity contribution in [2.24, 2.45) is 5.10 Å². The second kappa shape index (κ2) is 11.8. The van der Waals surface area contributed by atoms with Gasteiger partial charge in [-0.3, -0.25) is 9.91 Å². The molecule has 2 saturated heterocycles. The molecule has 2 aliphatic heterocycles. The van der Waals surface area contributed by atoms with E-state index < -0.39 is 23.2 Å². The highest BCUT2D eigenvalue weighted by molar-refractivity contribution is 5.85. The van der Waals surface area contributed by atoms with Crippen LogP contribution in [0.5, 0.6) is 0 Å². The summed E-state index contributed by atoms with van der Waals surface area (Å²) in [5.74, 6) is -2.61. The van der Waals surface area contributed by atoms with Crippen LogP contribution < -0.4 is 0 Å². The first-order chi connectivity index (χ1) is 14.4. The van der Waals surface area contributed by atoms with Gasteiger partial charge in [-0.25, -0.2) is 13.6 Å². The molecule has 7 nitrogen and oxygen atoms in total. The van der Waals surface area contributed by atoms with Crippen LogP contribution in [0.4, 0.5) is 8.78 Å². The molecule has 2 rings (SSSR count). The lowest BCUT2D eigenvalue weighted by Crippen LogP contribution is -2.45.